The van der Waals surface area contributed by atoms with Gasteiger partial charge in [-0.15, -0.1) is 0 Å². The summed E-state index contributed by atoms with van der Waals surface area (Å²) >= 11 is 0. The highest BCUT2D eigenvalue weighted by Gasteiger charge is 2.28. The van der Waals surface area contributed by atoms with Crippen LogP contribution in [0, 0.1) is 0 Å². The number of carbonyl (C=O) groups excluding carboxylic acids is 1. The Kier molecular flexibility index (Phi) is 5.56. The lowest BCUT2D eigenvalue weighted by atomic mass is 9.96. The molecular formula is C19H27N5O2. The third-order valence-corrected chi connectivity index (χ3v) is 4.94. The molecule has 1 aliphatic heterocycles. The van der Waals surface area contributed by atoms with Gasteiger partial charge < -0.3 is 18.9 Å². The van der Waals surface area contributed by atoms with Crippen LogP contribution >= 0.6 is 0 Å². The highest BCUT2D eigenvalue weighted by Crippen LogP contribution is 2.26. The van der Waals surface area contributed by atoms with Crippen LogP contribution in [0.1, 0.15) is 34.9 Å². The molecule has 0 radical (unpaired) electrons. The molecule has 0 aromatic carbocycles. The van der Waals surface area contributed by atoms with E-state index in [4.69, 9.17) is 0 Å². The van der Waals surface area contributed by atoms with E-state index >= 15 is 0 Å². The number of aromatic nitrogens is 3. The molecule has 1 unspecified atom stereocenters. The summed E-state index contributed by atoms with van der Waals surface area (Å²) in [6.45, 7) is 3.27. The van der Waals surface area contributed by atoms with Crippen molar-refractivity contribution in [2.75, 3.05) is 33.7 Å². The zero-order valence-electron chi connectivity index (χ0n) is 15.8. The van der Waals surface area contributed by atoms with Crippen molar-refractivity contribution < 1.29 is 4.79 Å². The van der Waals surface area contributed by atoms with Crippen LogP contribution < -0.4 is 5.56 Å². The van der Waals surface area contributed by atoms with Crippen molar-refractivity contribution in [2.45, 2.75) is 25.3 Å². The average Bonchev–Trinajstić information content (AvgIpc) is 3.10. The first-order valence-corrected chi connectivity index (χ1v) is 9.07. The number of piperidine rings is 1. The van der Waals surface area contributed by atoms with Crippen molar-refractivity contribution >= 4 is 5.91 Å². The number of amides is 1. The van der Waals surface area contributed by atoms with E-state index in [0.717, 1.165) is 38.3 Å². The molecule has 2 aromatic rings. The average molecular weight is 357 g/mol. The van der Waals surface area contributed by atoms with Crippen LogP contribution in [0.2, 0.25) is 0 Å². The van der Waals surface area contributed by atoms with Gasteiger partial charge >= 0.3 is 0 Å². The Balaban J connectivity index is 1.73. The fraction of sp³-hybridized carbons (Fsp3) is 0.526. The molecule has 26 heavy (non-hydrogen) atoms. The Morgan fingerprint density at radius 1 is 1.35 bits per heavy atom. The Labute approximate surface area is 153 Å². The SMILES string of the molecule is CN(C)CCn1ccnc1C1CCCN(C(=O)c2ccc(=O)n(C)c2)C1. The molecule has 1 amide bonds. The first-order valence-electron chi connectivity index (χ1n) is 9.07. The Hall–Kier alpha value is -2.41. The van der Waals surface area contributed by atoms with Gasteiger partial charge in [0.25, 0.3) is 5.91 Å². The van der Waals surface area contributed by atoms with Gasteiger partial charge in [0.15, 0.2) is 0 Å². The number of imidazole rings is 1. The van der Waals surface area contributed by atoms with Crippen molar-refractivity contribution in [3.05, 3.63) is 52.5 Å². The van der Waals surface area contributed by atoms with Gasteiger partial charge in [0, 0.05) is 63.8 Å². The van der Waals surface area contributed by atoms with Crippen LogP contribution in [-0.4, -0.2) is 63.6 Å². The summed E-state index contributed by atoms with van der Waals surface area (Å²) < 4.78 is 3.65. The van der Waals surface area contributed by atoms with Gasteiger partial charge in [-0.05, 0) is 33.0 Å². The molecule has 0 saturated carbocycles. The number of nitrogens with zero attached hydrogens (tertiary/aromatic N) is 5. The maximum absolute atomic E-state index is 12.9. The molecule has 1 saturated heterocycles. The number of likely N-dealkylation sites (N-methyl/N-ethyl adjacent to an activating group) is 1. The second kappa shape index (κ2) is 7.86. The highest BCUT2D eigenvalue weighted by molar-refractivity contribution is 5.94. The summed E-state index contributed by atoms with van der Waals surface area (Å²) in [5.41, 5.74) is 0.449. The number of hydrogen-bond donors (Lipinski definition) is 0. The molecule has 0 spiro atoms. The second-order valence-electron chi connectivity index (χ2n) is 7.24. The topological polar surface area (TPSA) is 63.4 Å². The molecule has 7 heteroatoms. The van der Waals surface area contributed by atoms with Crippen molar-refractivity contribution in [1.29, 1.82) is 0 Å². The van der Waals surface area contributed by atoms with Crippen molar-refractivity contribution in [1.82, 2.24) is 23.9 Å². The standard InChI is InChI=1S/C19H27N5O2/c1-21(2)11-12-23-10-8-20-18(23)15-5-4-9-24(14-15)19(26)16-6-7-17(25)22(3)13-16/h6-8,10,13,15H,4-5,9,11-12,14H2,1-3H3. The Morgan fingerprint density at radius 3 is 2.88 bits per heavy atom. The summed E-state index contributed by atoms with van der Waals surface area (Å²) in [6.07, 6.45) is 7.48. The predicted molar refractivity (Wildman–Crippen MR) is 100 cm³/mol. The first-order chi connectivity index (χ1) is 12.5. The number of likely N-dealkylation sites (tertiary alicyclic amines) is 1. The summed E-state index contributed by atoms with van der Waals surface area (Å²) in [5.74, 6) is 1.29. The van der Waals surface area contributed by atoms with E-state index < -0.39 is 0 Å². The maximum atomic E-state index is 12.9. The summed E-state index contributed by atoms with van der Waals surface area (Å²) in [7, 11) is 5.79. The van der Waals surface area contributed by atoms with Gasteiger partial charge in [0.05, 0.1) is 5.56 Å². The van der Waals surface area contributed by atoms with Gasteiger partial charge in [-0.1, -0.05) is 0 Å². The van der Waals surface area contributed by atoms with Gasteiger partial charge in [-0.3, -0.25) is 9.59 Å². The minimum absolute atomic E-state index is 0.0169. The van der Waals surface area contributed by atoms with Crippen LogP contribution in [-0.2, 0) is 13.6 Å². The molecule has 140 valence electrons. The molecular weight excluding hydrogens is 330 g/mol. The van der Waals surface area contributed by atoms with Crippen molar-refractivity contribution in [2.24, 2.45) is 7.05 Å². The number of aryl methyl sites for hydroxylation is 1. The first kappa shape index (κ1) is 18.4. The van der Waals surface area contributed by atoms with Gasteiger partial charge in [-0.25, -0.2) is 4.98 Å². The molecule has 0 bridgehead atoms. The van der Waals surface area contributed by atoms with E-state index in [1.807, 2.05) is 17.3 Å². The van der Waals surface area contributed by atoms with Crippen LogP contribution in [0.4, 0.5) is 0 Å². The summed E-state index contributed by atoms with van der Waals surface area (Å²) in [4.78, 5) is 33.0. The predicted octanol–water partition coefficient (Wildman–Crippen LogP) is 1.16. The number of rotatable bonds is 5. The van der Waals surface area contributed by atoms with E-state index in [1.54, 1.807) is 19.3 Å². The van der Waals surface area contributed by atoms with Crippen LogP contribution in [0.5, 0.6) is 0 Å². The quantitative estimate of drug-likeness (QED) is 0.806. The van der Waals surface area contributed by atoms with Crippen LogP contribution in [0.3, 0.4) is 0 Å². The second-order valence-corrected chi connectivity index (χ2v) is 7.24. The van der Waals surface area contributed by atoms with E-state index in [1.165, 1.54) is 10.6 Å². The lowest BCUT2D eigenvalue weighted by molar-refractivity contribution is 0.0702. The fourth-order valence-electron chi connectivity index (χ4n) is 3.45. The van der Waals surface area contributed by atoms with E-state index in [0.29, 0.717) is 12.1 Å². The summed E-state index contributed by atoms with van der Waals surface area (Å²) in [6, 6.07) is 3.06. The Bertz CT molecular complexity index is 823. The lowest BCUT2D eigenvalue weighted by Crippen LogP contribution is -2.40. The lowest BCUT2D eigenvalue weighted by Gasteiger charge is -2.33. The molecule has 1 aliphatic rings. The third kappa shape index (κ3) is 4.04. The van der Waals surface area contributed by atoms with Crippen LogP contribution in [0.15, 0.2) is 35.5 Å². The van der Waals surface area contributed by atoms with E-state index in [-0.39, 0.29) is 17.4 Å². The van der Waals surface area contributed by atoms with Gasteiger partial charge in [0.1, 0.15) is 5.82 Å². The monoisotopic (exact) mass is 357 g/mol. The zero-order chi connectivity index (χ0) is 18.7. The largest absolute Gasteiger partial charge is 0.338 e. The number of pyridine rings is 1. The highest BCUT2D eigenvalue weighted by atomic mass is 16.2. The van der Waals surface area contributed by atoms with Crippen molar-refractivity contribution in [3.63, 3.8) is 0 Å². The van der Waals surface area contributed by atoms with E-state index in [9.17, 15) is 9.59 Å². The van der Waals surface area contributed by atoms with Gasteiger partial charge in [-0.2, -0.15) is 0 Å². The number of carbonyl (C=O) groups is 1. The third-order valence-electron chi connectivity index (χ3n) is 4.94. The van der Waals surface area contributed by atoms with Crippen LogP contribution in [0.25, 0.3) is 0 Å². The Morgan fingerprint density at radius 2 is 2.15 bits per heavy atom. The molecule has 1 fully saturated rings. The minimum atomic E-state index is -0.110. The molecule has 0 N–H and O–H groups in total. The fourth-order valence-corrected chi connectivity index (χ4v) is 3.45. The minimum Gasteiger partial charge on any atom is -0.338 e. The molecule has 3 rings (SSSR count). The molecule has 0 aliphatic carbocycles. The van der Waals surface area contributed by atoms with Crippen molar-refractivity contribution in [3.8, 4) is 0 Å². The molecule has 2 aromatic heterocycles. The smallest absolute Gasteiger partial charge is 0.255 e. The molecule has 1 atom stereocenters. The van der Waals surface area contributed by atoms with E-state index in [2.05, 4.69) is 28.5 Å². The molecule has 7 nitrogen and oxygen atoms in total. The number of hydrogen-bond acceptors (Lipinski definition) is 4. The normalized spacial score (nSPS) is 17.7. The molecule has 3 heterocycles. The zero-order valence-corrected chi connectivity index (χ0v) is 15.8. The maximum Gasteiger partial charge on any atom is 0.255 e. The van der Waals surface area contributed by atoms with Gasteiger partial charge in [0.2, 0.25) is 5.56 Å². The summed E-state index contributed by atoms with van der Waals surface area (Å²) in [5, 5.41) is 0.